The first-order valence-corrected chi connectivity index (χ1v) is 7.55. The van der Waals surface area contributed by atoms with Gasteiger partial charge in [-0.3, -0.25) is 0 Å². The molecule has 1 fully saturated rings. The van der Waals surface area contributed by atoms with Gasteiger partial charge in [-0.2, -0.15) is 0 Å². The predicted octanol–water partition coefficient (Wildman–Crippen LogP) is 3.50. The topological polar surface area (TPSA) is 53.2 Å². The highest BCUT2D eigenvalue weighted by molar-refractivity contribution is 6.42. The number of rotatable bonds is 3. The lowest BCUT2D eigenvalue weighted by molar-refractivity contribution is 0.238. The molecule has 2 unspecified atom stereocenters. The van der Waals surface area contributed by atoms with Crippen molar-refractivity contribution < 1.29 is 4.79 Å². The number of urea groups is 1. The average molecular weight is 316 g/mol. The molecule has 0 aliphatic carbocycles. The van der Waals surface area contributed by atoms with E-state index in [9.17, 15) is 4.79 Å². The standard InChI is InChI=1S/C14H19Cl2N3O/c1-9(10-3-2-6-17-8-10)18-14(20)19-11-4-5-12(15)13(16)7-11/h4-5,7,9-10,17H,2-3,6,8H2,1H3,(H2,18,19,20). The number of piperidine rings is 1. The maximum Gasteiger partial charge on any atom is 0.319 e. The number of hydrogen-bond donors (Lipinski definition) is 3. The second-order valence-corrected chi connectivity index (χ2v) is 5.94. The number of halogens is 2. The van der Waals surface area contributed by atoms with E-state index in [4.69, 9.17) is 23.2 Å². The molecule has 20 heavy (non-hydrogen) atoms. The molecule has 0 radical (unpaired) electrons. The Labute approximate surface area is 129 Å². The van der Waals surface area contributed by atoms with Crippen molar-refractivity contribution >= 4 is 34.9 Å². The Balaban J connectivity index is 1.86. The molecule has 0 bridgehead atoms. The molecular formula is C14H19Cl2N3O. The van der Waals surface area contributed by atoms with Gasteiger partial charge in [0.2, 0.25) is 0 Å². The highest BCUT2D eigenvalue weighted by Crippen LogP contribution is 2.25. The molecule has 110 valence electrons. The first-order chi connectivity index (χ1) is 9.56. The third-order valence-corrected chi connectivity index (χ3v) is 4.32. The minimum Gasteiger partial charge on any atom is -0.335 e. The van der Waals surface area contributed by atoms with E-state index in [1.807, 2.05) is 6.92 Å². The molecule has 1 aliphatic heterocycles. The van der Waals surface area contributed by atoms with E-state index in [-0.39, 0.29) is 12.1 Å². The van der Waals surface area contributed by atoms with E-state index >= 15 is 0 Å². The van der Waals surface area contributed by atoms with E-state index < -0.39 is 0 Å². The Morgan fingerprint density at radius 2 is 2.20 bits per heavy atom. The quantitative estimate of drug-likeness (QED) is 0.799. The van der Waals surface area contributed by atoms with E-state index in [0.29, 0.717) is 21.7 Å². The van der Waals surface area contributed by atoms with Gasteiger partial charge in [-0.05, 0) is 57.0 Å². The van der Waals surface area contributed by atoms with Gasteiger partial charge in [0.1, 0.15) is 0 Å². The van der Waals surface area contributed by atoms with Crippen LogP contribution in [0, 0.1) is 5.92 Å². The number of nitrogens with one attached hydrogen (secondary N) is 3. The molecule has 0 aromatic heterocycles. The van der Waals surface area contributed by atoms with E-state index in [2.05, 4.69) is 16.0 Å². The Kier molecular flexibility index (Phi) is 5.52. The molecule has 3 N–H and O–H groups in total. The summed E-state index contributed by atoms with van der Waals surface area (Å²) in [5, 5.41) is 9.98. The molecule has 6 heteroatoms. The van der Waals surface area contributed by atoms with Gasteiger partial charge >= 0.3 is 6.03 Å². The predicted molar refractivity (Wildman–Crippen MR) is 83.7 cm³/mol. The summed E-state index contributed by atoms with van der Waals surface area (Å²) in [5.74, 6) is 0.475. The third-order valence-electron chi connectivity index (χ3n) is 3.58. The zero-order chi connectivity index (χ0) is 14.5. The maximum atomic E-state index is 11.9. The van der Waals surface area contributed by atoms with E-state index in [0.717, 1.165) is 25.9 Å². The largest absolute Gasteiger partial charge is 0.335 e. The molecule has 1 aromatic carbocycles. The Hall–Kier alpha value is -0.970. The Morgan fingerprint density at radius 3 is 2.85 bits per heavy atom. The van der Waals surface area contributed by atoms with Crippen molar-refractivity contribution in [3.63, 3.8) is 0 Å². The molecule has 0 spiro atoms. The summed E-state index contributed by atoms with van der Waals surface area (Å²) < 4.78 is 0. The minimum atomic E-state index is -0.221. The second kappa shape index (κ2) is 7.16. The SMILES string of the molecule is CC(NC(=O)Nc1ccc(Cl)c(Cl)c1)C1CCCNC1. The lowest BCUT2D eigenvalue weighted by atomic mass is 9.93. The molecule has 0 saturated carbocycles. The van der Waals surface area contributed by atoms with Crippen molar-refractivity contribution in [2.75, 3.05) is 18.4 Å². The van der Waals surface area contributed by atoms with Crippen LogP contribution in [0.15, 0.2) is 18.2 Å². The average Bonchev–Trinajstić information content (AvgIpc) is 2.44. The molecule has 1 heterocycles. The molecule has 1 saturated heterocycles. The molecule has 1 aliphatic rings. The van der Waals surface area contributed by atoms with Crippen molar-refractivity contribution in [1.29, 1.82) is 0 Å². The van der Waals surface area contributed by atoms with Crippen molar-refractivity contribution in [3.05, 3.63) is 28.2 Å². The summed E-state index contributed by atoms with van der Waals surface area (Å²) in [7, 11) is 0. The fraction of sp³-hybridized carbons (Fsp3) is 0.500. The first kappa shape index (κ1) is 15.4. The Morgan fingerprint density at radius 1 is 1.40 bits per heavy atom. The van der Waals surface area contributed by atoms with Crippen LogP contribution in [0.2, 0.25) is 10.0 Å². The number of hydrogen-bond acceptors (Lipinski definition) is 2. The number of carbonyl (C=O) groups excluding carboxylic acids is 1. The highest BCUT2D eigenvalue weighted by Gasteiger charge is 2.21. The molecular weight excluding hydrogens is 297 g/mol. The van der Waals surface area contributed by atoms with Crippen LogP contribution in [-0.4, -0.2) is 25.2 Å². The van der Waals surface area contributed by atoms with Gasteiger partial charge in [0, 0.05) is 11.7 Å². The summed E-state index contributed by atoms with van der Waals surface area (Å²) in [6.45, 7) is 4.05. The zero-order valence-electron chi connectivity index (χ0n) is 11.4. The van der Waals surface area contributed by atoms with Gasteiger partial charge in [-0.15, -0.1) is 0 Å². The lowest BCUT2D eigenvalue weighted by Crippen LogP contribution is -2.45. The highest BCUT2D eigenvalue weighted by atomic mass is 35.5. The number of benzene rings is 1. The smallest absolute Gasteiger partial charge is 0.319 e. The minimum absolute atomic E-state index is 0.130. The summed E-state index contributed by atoms with van der Waals surface area (Å²) in [6, 6.07) is 4.93. The fourth-order valence-corrected chi connectivity index (χ4v) is 2.67. The number of amides is 2. The molecule has 2 atom stereocenters. The van der Waals surface area contributed by atoms with Gasteiger partial charge < -0.3 is 16.0 Å². The van der Waals surface area contributed by atoms with Gasteiger partial charge in [0.25, 0.3) is 0 Å². The normalized spacial score (nSPS) is 20.2. The lowest BCUT2D eigenvalue weighted by Gasteiger charge is -2.28. The van der Waals surface area contributed by atoms with Crippen molar-refractivity contribution in [2.24, 2.45) is 5.92 Å². The molecule has 4 nitrogen and oxygen atoms in total. The van der Waals surface area contributed by atoms with E-state index in [1.54, 1.807) is 18.2 Å². The van der Waals surface area contributed by atoms with Crippen molar-refractivity contribution in [2.45, 2.75) is 25.8 Å². The maximum absolute atomic E-state index is 11.9. The third kappa shape index (κ3) is 4.27. The van der Waals surface area contributed by atoms with Crippen LogP contribution in [0.25, 0.3) is 0 Å². The van der Waals surface area contributed by atoms with E-state index in [1.165, 1.54) is 0 Å². The monoisotopic (exact) mass is 315 g/mol. The van der Waals surface area contributed by atoms with Crippen LogP contribution < -0.4 is 16.0 Å². The molecule has 1 aromatic rings. The van der Waals surface area contributed by atoms with Gasteiger partial charge in [-0.1, -0.05) is 23.2 Å². The van der Waals surface area contributed by atoms with Crippen LogP contribution in [0.3, 0.4) is 0 Å². The van der Waals surface area contributed by atoms with Crippen LogP contribution >= 0.6 is 23.2 Å². The number of carbonyl (C=O) groups is 1. The molecule has 2 rings (SSSR count). The van der Waals surface area contributed by atoms with Crippen LogP contribution in [0.5, 0.6) is 0 Å². The van der Waals surface area contributed by atoms with Crippen LogP contribution in [0.1, 0.15) is 19.8 Å². The van der Waals surface area contributed by atoms with Crippen molar-refractivity contribution in [3.8, 4) is 0 Å². The second-order valence-electron chi connectivity index (χ2n) is 5.12. The summed E-state index contributed by atoms with van der Waals surface area (Å²) in [4.78, 5) is 11.9. The van der Waals surface area contributed by atoms with Gasteiger partial charge in [0.05, 0.1) is 10.0 Å². The van der Waals surface area contributed by atoms with Gasteiger partial charge in [0.15, 0.2) is 0 Å². The fourth-order valence-electron chi connectivity index (χ4n) is 2.37. The number of anilines is 1. The van der Waals surface area contributed by atoms with Crippen LogP contribution in [0.4, 0.5) is 10.5 Å². The summed E-state index contributed by atoms with van der Waals surface area (Å²) in [6.07, 6.45) is 2.30. The Bertz CT molecular complexity index is 475. The van der Waals surface area contributed by atoms with Crippen LogP contribution in [-0.2, 0) is 0 Å². The zero-order valence-corrected chi connectivity index (χ0v) is 12.9. The summed E-state index contributed by atoms with van der Waals surface area (Å²) in [5.41, 5.74) is 0.630. The van der Waals surface area contributed by atoms with Gasteiger partial charge in [-0.25, -0.2) is 4.79 Å². The molecule has 2 amide bonds. The van der Waals surface area contributed by atoms with Crippen molar-refractivity contribution in [1.82, 2.24) is 10.6 Å². The first-order valence-electron chi connectivity index (χ1n) is 6.79. The summed E-state index contributed by atoms with van der Waals surface area (Å²) >= 11 is 11.7.